The number of amides is 1. The van der Waals surface area contributed by atoms with Crippen molar-refractivity contribution < 1.29 is 9.59 Å². The van der Waals surface area contributed by atoms with Crippen molar-refractivity contribution in [1.82, 2.24) is 15.2 Å². The van der Waals surface area contributed by atoms with Gasteiger partial charge in [0.15, 0.2) is 5.78 Å². The van der Waals surface area contributed by atoms with Crippen LogP contribution < -0.4 is 5.32 Å². The van der Waals surface area contributed by atoms with Gasteiger partial charge in [-0.05, 0) is 48.2 Å². The molecule has 144 valence electrons. The van der Waals surface area contributed by atoms with Crippen LogP contribution in [-0.4, -0.2) is 41.2 Å². The maximum Gasteiger partial charge on any atom is 0.270 e. The topological polar surface area (TPSA) is 65.2 Å². The number of ketones is 1. The molecule has 5 nitrogen and oxygen atoms in total. The standard InChI is InChI=1S/C23H25N3O2/c1-16(18-9-8-17-6-2-3-7-19(17)12-18)24-15-22(27)20-13-21(25-14-20)23(28)26-10-4-5-11-26/h2-3,6-9,12-14,16,24-25H,4-5,10-11,15H2,1H3/t16-/m0/s1. The van der Waals surface area contributed by atoms with Gasteiger partial charge in [-0.25, -0.2) is 0 Å². The zero-order chi connectivity index (χ0) is 19.5. The summed E-state index contributed by atoms with van der Waals surface area (Å²) < 4.78 is 0. The Hall–Kier alpha value is -2.92. The summed E-state index contributed by atoms with van der Waals surface area (Å²) in [5.74, 6) is -0.0431. The van der Waals surface area contributed by atoms with E-state index in [1.165, 1.54) is 10.8 Å². The third kappa shape index (κ3) is 3.85. The number of carbonyl (C=O) groups excluding carboxylic acids is 2. The zero-order valence-electron chi connectivity index (χ0n) is 16.1. The second-order valence-electron chi connectivity index (χ2n) is 7.43. The first-order valence-corrected chi connectivity index (χ1v) is 9.85. The Labute approximate surface area is 164 Å². The molecule has 0 unspecified atom stereocenters. The molecule has 2 aromatic carbocycles. The highest BCUT2D eigenvalue weighted by atomic mass is 16.2. The third-order valence-electron chi connectivity index (χ3n) is 5.47. The molecule has 0 radical (unpaired) electrons. The smallest absolute Gasteiger partial charge is 0.270 e. The third-order valence-corrected chi connectivity index (χ3v) is 5.47. The van der Waals surface area contributed by atoms with Gasteiger partial charge in [-0.3, -0.25) is 9.59 Å². The molecular formula is C23H25N3O2. The van der Waals surface area contributed by atoms with Crippen LogP contribution in [0.5, 0.6) is 0 Å². The number of aromatic amines is 1. The van der Waals surface area contributed by atoms with Gasteiger partial charge in [0.2, 0.25) is 0 Å². The zero-order valence-corrected chi connectivity index (χ0v) is 16.1. The fourth-order valence-corrected chi connectivity index (χ4v) is 3.71. The summed E-state index contributed by atoms with van der Waals surface area (Å²) in [6.45, 7) is 3.87. The Kier molecular flexibility index (Phi) is 5.26. The highest BCUT2D eigenvalue weighted by Crippen LogP contribution is 2.20. The predicted octanol–water partition coefficient (Wildman–Crippen LogP) is 3.94. The van der Waals surface area contributed by atoms with E-state index in [0.717, 1.165) is 31.5 Å². The molecule has 0 spiro atoms. The number of hydrogen-bond donors (Lipinski definition) is 2. The summed E-state index contributed by atoms with van der Waals surface area (Å²) in [6.07, 6.45) is 3.73. The first-order valence-electron chi connectivity index (χ1n) is 9.85. The maximum absolute atomic E-state index is 12.5. The molecule has 2 heterocycles. The molecule has 1 aliphatic rings. The number of fused-ring (bicyclic) bond motifs is 1. The lowest BCUT2D eigenvalue weighted by molar-refractivity contribution is 0.0787. The van der Waals surface area contributed by atoms with Crippen molar-refractivity contribution in [1.29, 1.82) is 0 Å². The van der Waals surface area contributed by atoms with Crippen LogP contribution in [0.4, 0.5) is 0 Å². The lowest BCUT2D eigenvalue weighted by atomic mass is 10.0. The highest BCUT2D eigenvalue weighted by molar-refractivity contribution is 6.01. The number of rotatable bonds is 6. The molecule has 1 aliphatic heterocycles. The summed E-state index contributed by atoms with van der Waals surface area (Å²) in [5, 5.41) is 5.69. The number of benzene rings is 2. The van der Waals surface area contributed by atoms with Gasteiger partial charge in [-0.2, -0.15) is 0 Å². The van der Waals surface area contributed by atoms with E-state index in [2.05, 4.69) is 47.6 Å². The maximum atomic E-state index is 12.5. The van der Waals surface area contributed by atoms with Gasteiger partial charge in [0.1, 0.15) is 5.69 Å². The molecular weight excluding hydrogens is 350 g/mol. The quantitative estimate of drug-likeness (QED) is 0.642. The minimum atomic E-state index is -0.0237. The number of aromatic nitrogens is 1. The molecule has 5 heteroatoms. The molecule has 1 atom stereocenters. The Morgan fingerprint density at radius 1 is 1.07 bits per heavy atom. The van der Waals surface area contributed by atoms with Crippen molar-refractivity contribution in [2.75, 3.05) is 19.6 Å². The second kappa shape index (κ2) is 7.98. The fourth-order valence-electron chi connectivity index (χ4n) is 3.71. The number of Topliss-reactive ketones (excluding diaryl/α,β-unsaturated/α-hetero) is 1. The highest BCUT2D eigenvalue weighted by Gasteiger charge is 2.21. The summed E-state index contributed by atoms with van der Waals surface area (Å²) in [5.41, 5.74) is 2.18. The van der Waals surface area contributed by atoms with Crippen molar-refractivity contribution in [2.45, 2.75) is 25.8 Å². The second-order valence-corrected chi connectivity index (χ2v) is 7.43. The van der Waals surface area contributed by atoms with E-state index in [4.69, 9.17) is 0 Å². The van der Waals surface area contributed by atoms with E-state index in [-0.39, 0.29) is 24.3 Å². The van der Waals surface area contributed by atoms with E-state index in [0.29, 0.717) is 11.3 Å². The van der Waals surface area contributed by atoms with E-state index in [1.54, 1.807) is 12.3 Å². The van der Waals surface area contributed by atoms with Gasteiger partial charge in [0, 0.05) is 30.9 Å². The van der Waals surface area contributed by atoms with Gasteiger partial charge < -0.3 is 15.2 Å². The monoisotopic (exact) mass is 375 g/mol. The largest absolute Gasteiger partial charge is 0.356 e. The van der Waals surface area contributed by atoms with Crippen molar-refractivity contribution >= 4 is 22.5 Å². The van der Waals surface area contributed by atoms with E-state index in [1.807, 2.05) is 17.0 Å². The number of H-pyrrole nitrogens is 1. The van der Waals surface area contributed by atoms with E-state index in [9.17, 15) is 9.59 Å². The molecule has 4 rings (SSSR count). The molecule has 28 heavy (non-hydrogen) atoms. The lowest BCUT2D eigenvalue weighted by Gasteiger charge is -2.14. The van der Waals surface area contributed by atoms with Crippen LogP contribution in [0, 0.1) is 0 Å². The number of likely N-dealkylation sites (tertiary alicyclic amines) is 1. The van der Waals surface area contributed by atoms with Crippen LogP contribution in [0.2, 0.25) is 0 Å². The summed E-state index contributed by atoms with van der Waals surface area (Å²) in [6, 6.07) is 16.3. The molecule has 2 N–H and O–H groups in total. The molecule has 0 saturated carbocycles. The molecule has 1 amide bonds. The normalized spacial score (nSPS) is 15.1. The molecule has 3 aromatic rings. The molecule has 1 saturated heterocycles. The van der Waals surface area contributed by atoms with Crippen LogP contribution in [0.25, 0.3) is 10.8 Å². The van der Waals surface area contributed by atoms with Gasteiger partial charge in [0.25, 0.3) is 5.91 Å². The molecule has 0 bridgehead atoms. The van der Waals surface area contributed by atoms with Crippen molar-refractivity contribution in [3.05, 3.63) is 71.5 Å². The lowest BCUT2D eigenvalue weighted by Crippen LogP contribution is -2.28. The van der Waals surface area contributed by atoms with E-state index >= 15 is 0 Å². The van der Waals surface area contributed by atoms with Crippen molar-refractivity contribution in [3.8, 4) is 0 Å². The van der Waals surface area contributed by atoms with Crippen molar-refractivity contribution in [3.63, 3.8) is 0 Å². The minimum absolute atomic E-state index is 0.0194. The number of nitrogens with one attached hydrogen (secondary N) is 2. The summed E-state index contributed by atoms with van der Waals surface area (Å²) in [7, 11) is 0. The summed E-state index contributed by atoms with van der Waals surface area (Å²) in [4.78, 5) is 29.7. The fraction of sp³-hybridized carbons (Fsp3) is 0.304. The first kappa shape index (κ1) is 18.4. The van der Waals surface area contributed by atoms with Gasteiger partial charge in [0.05, 0.1) is 6.54 Å². The number of hydrogen-bond acceptors (Lipinski definition) is 3. The molecule has 1 fully saturated rings. The minimum Gasteiger partial charge on any atom is -0.356 e. The Morgan fingerprint density at radius 3 is 2.61 bits per heavy atom. The van der Waals surface area contributed by atoms with Crippen LogP contribution in [0.1, 0.15) is 52.2 Å². The Bertz CT molecular complexity index is 1000. The van der Waals surface area contributed by atoms with Crippen LogP contribution in [0.3, 0.4) is 0 Å². The SMILES string of the molecule is C[C@H](NCC(=O)c1c[nH]c(C(=O)N2CCCC2)c1)c1ccc2ccccc2c1. The molecule has 1 aromatic heterocycles. The predicted molar refractivity (Wildman–Crippen MR) is 111 cm³/mol. The van der Waals surface area contributed by atoms with Crippen LogP contribution in [-0.2, 0) is 0 Å². The van der Waals surface area contributed by atoms with Gasteiger partial charge >= 0.3 is 0 Å². The summed E-state index contributed by atoms with van der Waals surface area (Å²) >= 11 is 0. The average molecular weight is 375 g/mol. The average Bonchev–Trinajstić information content (AvgIpc) is 3.43. The Balaban J connectivity index is 1.37. The van der Waals surface area contributed by atoms with Crippen LogP contribution >= 0.6 is 0 Å². The number of carbonyl (C=O) groups is 2. The van der Waals surface area contributed by atoms with Gasteiger partial charge in [-0.15, -0.1) is 0 Å². The first-order chi connectivity index (χ1) is 13.6. The number of nitrogens with zero attached hydrogens (tertiary/aromatic N) is 1. The van der Waals surface area contributed by atoms with Gasteiger partial charge in [-0.1, -0.05) is 36.4 Å². The molecule has 0 aliphatic carbocycles. The van der Waals surface area contributed by atoms with Crippen molar-refractivity contribution in [2.24, 2.45) is 0 Å². The Morgan fingerprint density at radius 2 is 1.82 bits per heavy atom. The van der Waals surface area contributed by atoms with E-state index < -0.39 is 0 Å². The van der Waals surface area contributed by atoms with Crippen LogP contribution in [0.15, 0.2) is 54.7 Å².